The molecule has 5 heteroatoms. The molecule has 0 heterocycles. The number of ether oxygens (including phenoxy) is 2. The van der Waals surface area contributed by atoms with E-state index in [0.29, 0.717) is 17.7 Å². The molecule has 2 aromatic rings. The molecule has 5 nitrogen and oxygen atoms in total. The highest BCUT2D eigenvalue weighted by molar-refractivity contribution is 6.00. The third-order valence-corrected chi connectivity index (χ3v) is 4.38. The minimum atomic E-state index is -1.02. The highest BCUT2D eigenvalue weighted by Gasteiger charge is 2.63. The summed E-state index contributed by atoms with van der Waals surface area (Å²) in [6.07, 6.45) is 0.505. The van der Waals surface area contributed by atoms with Crippen molar-refractivity contribution in [1.29, 1.82) is 0 Å². The van der Waals surface area contributed by atoms with Crippen LogP contribution < -0.4 is 10.1 Å². The molecular formula is C19H19NO4. The number of hydrogen-bond acceptors (Lipinski definition) is 4. The molecule has 0 spiro atoms. The van der Waals surface area contributed by atoms with Crippen molar-refractivity contribution in [2.45, 2.75) is 17.9 Å². The Bertz CT molecular complexity index is 759. The van der Waals surface area contributed by atoms with Gasteiger partial charge in [-0.25, -0.2) is 4.79 Å². The molecule has 1 amide bonds. The van der Waals surface area contributed by atoms with Gasteiger partial charge < -0.3 is 14.8 Å². The molecule has 2 atom stereocenters. The van der Waals surface area contributed by atoms with Gasteiger partial charge >= 0.3 is 5.97 Å². The number of nitrogens with one attached hydrogen (secondary N) is 1. The molecular weight excluding hydrogens is 306 g/mol. The van der Waals surface area contributed by atoms with Crippen molar-refractivity contribution in [1.82, 2.24) is 5.32 Å². The summed E-state index contributed by atoms with van der Waals surface area (Å²) in [5, 5.41) is 2.87. The van der Waals surface area contributed by atoms with Crippen molar-refractivity contribution >= 4 is 11.9 Å². The zero-order valence-electron chi connectivity index (χ0n) is 13.6. The second-order valence-electron chi connectivity index (χ2n) is 5.82. The van der Waals surface area contributed by atoms with Gasteiger partial charge in [0.1, 0.15) is 11.3 Å². The molecule has 1 fully saturated rings. The van der Waals surface area contributed by atoms with Crippen LogP contribution in [0, 0.1) is 0 Å². The Morgan fingerprint density at radius 1 is 1.08 bits per heavy atom. The Hall–Kier alpha value is -2.82. The van der Waals surface area contributed by atoms with Gasteiger partial charge in [0.25, 0.3) is 5.91 Å². The SMILES string of the molecule is COC(=O)[C@]1(NC(=O)c2ccccc2)C[C@@H]1c1cccc(OC)c1. The van der Waals surface area contributed by atoms with Gasteiger partial charge in [0.05, 0.1) is 14.2 Å². The van der Waals surface area contributed by atoms with E-state index in [4.69, 9.17) is 9.47 Å². The van der Waals surface area contributed by atoms with E-state index in [1.807, 2.05) is 30.3 Å². The van der Waals surface area contributed by atoms with Gasteiger partial charge in [-0.2, -0.15) is 0 Å². The second-order valence-corrected chi connectivity index (χ2v) is 5.82. The van der Waals surface area contributed by atoms with Crippen LogP contribution >= 0.6 is 0 Å². The van der Waals surface area contributed by atoms with Gasteiger partial charge in [-0.15, -0.1) is 0 Å². The molecule has 0 saturated heterocycles. The summed E-state index contributed by atoms with van der Waals surface area (Å²) < 4.78 is 10.2. The highest BCUT2D eigenvalue weighted by atomic mass is 16.5. The summed E-state index contributed by atoms with van der Waals surface area (Å²) >= 11 is 0. The Morgan fingerprint density at radius 2 is 1.83 bits per heavy atom. The number of carbonyl (C=O) groups is 2. The number of amides is 1. The third-order valence-electron chi connectivity index (χ3n) is 4.38. The van der Waals surface area contributed by atoms with Crippen LogP contribution in [0.1, 0.15) is 28.3 Å². The van der Waals surface area contributed by atoms with Gasteiger partial charge in [-0.1, -0.05) is 30.3 Å². The van der Waals surface area contributed by atoms with Crippen LogP contribution in [0.5, 0.6) is 5.75 Å². The van der Waals surface area contributed by atoms with Gasteiger partial charge in [0, 0.05) is 11.5 Å². The smallest absolute Gasteiger partial charge is 0.332 e. The fourth-order valence-electron chi connectivity index (χ4n) is 2.98. The topological polar surface area (TPSA) is 64.6 Å². The summed E-state index contributed by atoms with van der Waals surface area (Å²) in [6, 6.07) is 16.3. The van der Waals surface area contributed by atoms with Gasteiger partial charge in [-0.05, 0) is 36.2 Å². The average molecular weight is 325 g/mol. The highest BCUT2D eigenvalue weighted by Crippen LogP contribution is 2.52. The van der Waals surface area contributed by atoms with E-state index >= 15 is 0 Å². The lowest BCUT2D eigenvalue weighted by atomic mass is 10.0. The van der Waals surface area contributed by atoms with Crippen LogP contribution in [0.25, 0.3) is 0 Å². The molecule has 1 saturated carbocycles. The van der Waals surface area contributed by atoms with Gasteiger partial charge in [-0.3, -0.25) is 4.79 Å². The Morgan fingerprint density at radius 3 is 2.50 bits per heavy atom. The van der Waals surface area contributed by atoms with E-state index in [0.717, 1.165) is 5.56 Å². The van der Waals surface area contributed by atoms with Crippen molar-refractivity contribution in [2.24, 2.45) is 0 Å². The average Bonchev–Trinajstić information content (AvgIpc) is 3.37. The molecule has 1 aliphatic carbocycles. The minimum Gasteiger partial charge on any atom is -0.497 e. The van der Waals surface area contributed by atoms with Crippen LogP contribution in [-0.2, 0) is 9.53 Å². The van der Waals surface area contributed by atoms with E-state index < -0.39 is 11.5 Å². The fraction of sp³-hybridized carbons (Fsp3) is 0.263. The largest absolute Gasteiger partial charge is 0.497 e. The van der Waals surface area contributed by atoms with E-state index in [-0.39, 0.29) is 11.8 Å². The first-order valence-corrected chi connectivity index (χ1v) is 7.70. The number of rotatable bonds is 5. The lowest BCUT2D eigenvalue weighted by Crippen LogP contribution is -2.45. The second kappa shape index (κ2) is 6.35. The van der Waals surface area contributed by atoms with Crippen LogP contribution in [0.2, 0.25) is 0 Å². The molecule has 0 aromatic heterocycles. The molecule has 1 N–H and O–H groups in total. The van der Waals surface area contributed by atoms with Crippen LogP contribution in [0.4, 0.5) is 0 Å². The van der Waals surface area contributed by atoms with Gasteiger partial charge in [0.15, 0.2) is 0 Å². The van der Waals surface area contributed by atoms with Crippen molar-refractivity contribution in [3.63, 3.8) is 0 Å². The maximum Gasteiger partial charge on any atom is 0.332 e. The zero-order valence-corrected chi connectivity index (χ0v) is 13.6. The third kappa shape index (κ3) is 2.85. The number of benzene rings is 2. The van der Waals surface area contributed by atoms with Crippen molar-refractivity contribution in [3.05, 3.63) is 65.7 Å². The van der Waals surface area contributed by atoms with E-state index in [9.17, 15) is 9.59 Å². The fourth-order valence-corrected chi connectivity index (χ4v) is 2.98. The van der Waals surface area contributed by atoms with E-state index in [2.05, 4.69) is 5.32 Å². The van der Waals surface area contributed by atoms with E-state index in [1.165, 1.54) is 7.11 Å². The van der Waals surface area contributed by atoms with Crippen molar-refractivity contribution in [2.75, 3.05) is 14.2 Å². The number of hydrogen-bond donors (Lipinski definition) is 1. The number of carbonyl (C=O) groups excluding carboxylic acids is 2. The van der Waals surface area contributed by atoms with Crippen LogP contribution in [0.3, 0.4) is 0 Å². The maximum atomic E-state index is 12.5. The van der Waals surface area contributed by atoms with Crippen molar-refractivity contribution in [3.8, 4) is 5.75 Å². The Balaban J connectivity index is 1.85. The van der Waals surface area contributed by atoms with Gasteiger partial charge in [0.2, 0.25) is 0 Å². The molecule has 0 unspecified atom stereocenters. The summed E-state index contributed by atoms with van der Waals surface area (Å²) in [5.41, 5.74) is 0.429. The first kappa shape index (κ1) is 16.1. The minimum absolute atomic E-state index is 0.132. The molecule has 124 valence electrons. The summed E-state index contributed by atoms with van der Waals surface area (Å²) in [5.74, 6) is -0.133. The molecule has 1 aliphatic rings. The normalized spacial score (nSPS) is 21.7. The summed E-state index contributed by atoms with van der Waals surface area (Å²) in [6.45, 7) is 0. The molecule has 3 rings (SSSR count). The molecule has 2 aromatic carbocycles. The Kier molecular flexibility index (Phi) is 4.25. The first-order valence-electron chi connectivity index (χ1n) is 7.70. The monoisotopic (exact) mass is 325 g/mol. The zero-order chi connectivity index (χ0) is 17.2. The first-order chi connectivity index (χ1) is 11.6. The number of methoxy groups -OCH3 is 2. The predicted molar refractivity (Wildman–Crippen MR) is 89.0 cm³/mol. The predicted octanol–water partition coefficient (Wildman–Crippen LogP) is 2.52. The quantitative estimate of drug-likeness (QED) is 0.858. The lowest BCUT2D eigenvalue weighted by molar-refractivity contribution is -0.144. The lowest BCUT2D eigenvalue weighted by Gasteiger charge is -2.17. The maximum absolute atomic E-state index is 12.5. The summed E-state index contributed by atoms with van der Waals surface area (Å²) in [7, 11) is 2.93. The molecule has 0 bridgehead atoms. The Labute approximate surface area is 140 Å². The van der Waals surface area contributed by atoms with Crippen molar-refractivity contribution < 1.29 is 19.1 Å². The van der Waals surface area contributed by atoms with E-state index in [1.54, 1.807) is 31.4 Å². The molecule has 24 heavy (non-hydrogen) atoms. The summed E-state index contributed by atoms with van der Waals surface area (Å²) in [4.78, 5) is 24.8. The molecule has 0 aliphatic heterocycles. The molecule has 0 radical (unpaired) electrons. The van der Waals surface area contributed by atoms with Crippen LogP contribution in [0.15, 0.2) is 54.6 Å². The van der Waals surface area contributed by atoms with Crippen LogP contribution in [-0.4, -0.2) is 31.6 Å². The number of esters is 1. The standard InChI is InChI=1S/C19H19NO4/c1-23-15-10-6-9-14(11-15)16-12-19(16,18(22)24-2)20-17(21)13-7-4-3-5-8-13/h3-11,16H,12H2,1-2H3,(H,20,21)/t16-,19+/m1/s1.